The van der Waals surface area contributed by atoms with E-state index in [4.69, 9.17) is 0 Å². The Balaban J connectivity index is 1.71. The lowest BCUT2D eigenvalue weighted by Crippen LogP contribution is -2.22. The lowest BCUT2D eigenvalue weighted by Gasteiger charge is -2.29. The zero-order valence-electron chi connectivity index (χ0n) is 16.7. The largest absolute Gasteiger partial charge is 0.478 e. The third-order valence-electron chi connectivity index (χ3n) is 5.83. The van der Waals surface area contributed by atoms with E-state index in [9.17, 15) is 9.90 Å². The molecule has 28 heavy (non-hydrogen) atoms. The molecule has 0 unspecified atom stereocenters. The van der Waals surface area contributed by atoms with Crippen LogP contribution < -0.4 is 0 Å². The monoisotopic (exact) mass is 390 g/mol. The molecule has 1 aromatic heterocycles. The summed E-state index contributed by atoms with van der Waals surface area (Å²) in [4.78, 5) is 14.3. The number of benzene rings is 2. The van der Waals surface area contributed by atoms with E-state index in [1.807, 2.05) is 0 Å². The van der Waals surface area contributed by atoms with Gasteiger partial charge in [0, 0.05) is 9.75 Å². The van der Waals surface area contributed by atoms with Gasteiger partial charge in [-0.1, -0.05) is 69.3 Å². The van der Waals surface area contributed by atoms with E-state index in [2.05, 4.69) is 69.3 Å². The molecule has 0 aliphatic heterocycles. The molecule has 0 amide bonds. The highest BCUT2D eigenvalue weighted by molar-refractivity contribution is 7.16. The Morgan fingerprint density at radius 2 is 1.57 bits per heavy atom. The zero-order chi connectivity index (χ0) is 19.9. The van der Waals surface area contributed by atoms with E-state index < -0.39 is 5.97 Å². The molecular weight excluding hydrogens is 364 g/mol. The van der Waals surface area contributed by atoms with Crippen LogP contribution in [0.3, 0.4) is 0 Å². The Morgan fingerprint density at radius 1 is 1.00 bits per heavy atom. The summed E-state index contributed by atoms with van der Waals surface area (Å²) >= 11 is 1.67. The summed E-state index contributed by atoms with van der Waals surface area (Å²) in [6.07, 6.45) is 3.99. The van der Waals surface area contributed by atoms with E-state index in [1.165, 1.54) is 16.0 Å². The Morgan fingerprint density at radius 3 is 2.14 bits per heavy atom. The summed E-state index contributed by atoms with van der Waals surface area (Å²) in [6, 6.07) is 17.0. The van der Waals surface area contributed by atoms with Gasteiger partial charge in [0.05, 0.1) is 5.56 Å². The highest BCUT2D eigenvalue weighted by Crippen LogP contribution is 2.45. The van der Waals surface area contributed by atoms with Gasteiger partial charge in [0.25, 0.3) is 0 Å². The average molecular weight is 391 g/mol. The number of aromatic carboxylic acids is 1. The van der Waals surface area contributed by atoms with Gasteiger partial charge in [-0.3, -0.25) is 0 Å². The minimum atomic E-state index is -0.801. The van der Waals surface area contributed by atoms with Crippen LogP contribution >= 0.6 is 11.3 Å². The van der Waals surface area contributed by atoms with Crippen molar-refractivity contribution in [3.05, 3.63) is 70.1 Å². The van der Waals surface area contributed by atoms with E-state index in [0.29, 0.717) is 5.56 Å². The number of rotatable bonds is 4. The highest BCUT2D eigenvalue weighted by Gasteiger charge is 2.32. The first-order valence-corrected chi connectivity index (χ1v) is 10.8. The summed E-state index contributed by atoms with van der Waals surface area (Å²) < 4.78 is 0. The van der Waals surface area contributed by atoms with Gasteiger partial charge >= 0.3 is 5.97 Å². The SMILES string of the molecule is CCc1ccc(-c2ccc(-c3sc4c(c3C(=O)O)CC(C)(C)CC4)cc2)cc1. The number of fused-ring (bicyclic) bond motifs is 1. The van der Waals surface area contributed by atoms with Crippen LogP contribution in [0, 0.1) is 5.41 Å². The molecule has 3 heteroatoms. The molecule has 3 aromatic rings. The lowest BCUT2D eigenvalue weighted by atomic mass is 9.76. The van der Waals surface area contributed by atoms with Gasteiger partial charge in [-0.15, -0.1) is 11.3 Å². The Bertz CT molecular complexity index is 1010. The van der Waals surface area contributed by atoms with Crippen molar-refractivity contribution in [1.82, 2.24) is 0 Å². The predicted octanol–water partition coefficient (Wildman–Crippen LogP) is 6.86. The van der Waals surface area contributed by atoms with Crippen molar-refractivity contribution in [1.29, 1.82) is 0 Å². The quantitative estimate of drug-likeness (QED) is 0.528. The number of hydrogen-bond acceptors (Lipinski definition) is 2. The number of carbonyl (C=O) groups is 1. The third kappa shape index (κ3) is 3.51. The van der Waals surface area contributed by atoms with Crippen LogP contribution in [0.5, 0.6) is 0 Å². The van der Waals surface area contributed by atoms with Gasteiger partial charge in [0.2, 0.25) is 0 Å². The lowest BCUT2D eigenvalue weighted by molar-refractivity contribution is 0.0696. The molecule has 1 N–H and O–H groups in total. The number of carboxylic acids is 1. The van der Waals surface area contributed by atoms with Crippen LogP contribution in [0.25, 0.3) is 21.6 Å². The maximum atomic E-state index is 12.1. The van der Waals surface area contributed by atoms with Crippen LogP contribution in [-0.4, -0.2) is 11.1 Å². The standard InChI is InChI=1S/C25H26O2S/c1-4-16-5-7-17(8-6-16)18-9-11-19(12-10-18)23-22(24(26)27)20-15-25(2,3)14-13-21(20)28-23/h5-12H,4,13-15H2,1-3H3,(H,26,27). The van der Waals surface area contributed by atoms with Crippen molar-refractivity contribution in [3.8, 4) is 21.6 Å². The first-order valence-electron chi connectivity index (χ1n) is 9.95. The maximum Gasteiger partial charge on any atom is 0.337 e. The van der Waals surface area contributed by atoms with E-state index >= 15 is 0 Å². The number of thiophene rings is 1. The molecule has 0 radical (unpaired) electrons. The minimum absolute atomic E-state index is 0.171. The van der Waals surface area contributed by atoms with E-state index in [1.54, 1.807) is 11.3 Å². The first-order chi connectivity index (χ1) is 13.4. The van der Waals surface area contributed by atoms with Gasteiger partial charge in [-0.05, 0) is 58.9 Å². The fourth-order valence-corrected chi connectivity index (χ4v) is 5.41. The maximum absolute atomic E-state index is 12.1. The van der Waals surface area contributed by atoms with Crippen molar-refractivity contribution < 1.29 is 9.90 Å². The third-order valence-corrected chi connectivity index (χ3v) is 7.17. The molecule has 1 aliphatic rings. The molecule has 4 rings (SSSR count). The molecule has 1 aliphatic carbocycles. The molecular formula is C25H26O2S. The fourth-order valence-electron chi connectivity index (χ4n) is 4.10. The van der Waals surface area contributed by atoms with Crippen LogP contribution in [-0.2, 0) is 19.3 Å². The molecule has 144 valence electrons. The second kappa shape index (κ2) is 7.21. The second-order valence-corrected chi connectivity index (χ2v) is 9.59. The van der Waals surface area contributed by atoms with Gasteiger partial charge < -0.3 is 5.11 Å². The number of hydrogen-bond donors (Lipinski definition) is 1. The predicted molar refractivity (Wildman–Crippen MR) is 117 cm³/mol. The number of carboxylic acid groups (broad SMARTS) is 1. The van der Waals surface area contributed by atoms with Crippen LogP contribution in [0.2, 0.25) is 0 Å². The Labute approximate surface area is 170 Å². The first kappa shape index (κ1) is 18.9. The van der Waals surface area contributed by atoms with Gasteiger partial charge in [-0.25, -0.2) is 4.79 Å². The normalized spacial score (nSPS) is 15.2. The van der Waals surface area contributed by atoms with E-state index in [0.717, 1.165) is 47.3 Å². The average Bonchev–Trinajstić information content (AvgIpc) is 3.06. The van der Waals surface area contributed by atoms with Crippen LogP contribution in [0.15, 0.2) is 48.5 Å². The molecule has 0 fully saturated rings. The van der Waals surface area contributed by atoms with Gasteiger partial charge in [0.1, 0.15) is 0 Å². The topological polar surface area (TPSA) is 37.3 Å². The van der Waals surface area contributed by atoms with Gasteiger partial charge in [0.15, 0.2) is 0 Å². The fraction of sp³-hybridized carbons (Fsp3) is 0.320. The molecule has 0 atom stereocenters. The smallest absolute Gasteiger partial charge is 0.337 e. The molecule has 0 spiro atoms. The summed E-state index contributed by atoms with van der Waals surface area (Å²) in [6.45, 7) is 6.63. The van der Waals surface area contributed by atoms with Gasteiger partial charge in [-0.2, -0.15) is 0 Å². The number of aryl methyl sites for hydroxylation is 2. The molecule has 2 nitrogen and oxygen atoms in total. The van der Waals surface area contributed by atoms with Crippen molar-refractivity contribution in [2.45, 2.75) is 46.5 Å². The molecule has 2 aromatic carbocycles. The van der Waals surface area contributed by atoms with Crippen molar-refractivity contribution >= 4 is 17.3 Å². The summed E-state index contributed by atoms with van der Waals surface area (Å²) in [5.41, 5.74) is 6.43. The summed E-state index contributed by atoms with van der Waals surface area (Å²) in [7, 11) is 0. The summed E-state index contributed by atoms with van der Waals surface area (Å²) in [5.74, 6) is -0.801. The second-order valence-electron chi connectivity index (χ2n) is 8.48. The van der Waals surface area contributed by atoms with Crippen LogP contribution in [0.1, 0.15) is 53.6 Å². The Kier molecular flexibility index (Phi) is 4.88. The summed E-state index contributed by atoms with van der Waals surface area (Å²) in [5, 5.41) is 9.93. The molecule has 1 heterocycles. The van der Waals surface area contributed by atoms with Crippen molar-refractivity contribution in [3.63, 3.8) is 0 Å². The Hall–Kier alpha value is -2.39. The van der Waals surface area contributed by atoms with Crippen LogP contribution in [0.4, 0.5) is 0 Å². The van der Waals surface area contributed by atoms with Crippen molar-refractivity contribution in [2.24, 2.45) is 5.41 Å². The molecule has 0 saturated carbocycles. The zero-order valence-corrected chi connectivity index (χ0v) is 17.5. The van der Waals surface area contributed by atoms with Crippen molar-refractivity contribution in [2.75, 3.05) is 0 Å². The minimum Gasteiger partial charge on any atom is -0.478 e. The van der Waals surface area contributed by atoms with E-state index in [-0.39, 0.29) is 5.41 Å². The molecule has 0 saturated heterocycles. The molecule has 0 bridgehead atoms. The highest BCUT2D eigenvalue weighted by atomic mass is 32.1.